The fourth-order valence-electron chi connectivity index (χ4n) is 3.62. The highest BCUT2D eigenvalue weighted by Crippen LogP contribution is 2.37. The Morgan fingerprint density at radius 3 is 2.08 bits per heavy atom. The lowest BCUT2D eigenvalue weighted by Gasteiger charge is -2.34. The molecule has 0 amide bonds. The van der Waals surface area contributed by atoms with Gasteiger partial charge in [-0.1, -0.05) is 0 Å². The quantitative estimate of drug-likeness (QED) is 0.816. The number of nitrogens with one attached hydrogen (secondary N) is 1. The van der Waals surface area contributed by atoms with Crippen LogP contribution in [0.2, 0.25) is 0 Å². The van der Waals surface area contributed by atoms with Crippen molar-refractivity contribution >= 4 is 0 Å². The van der Waals surface area contributed by atoms with Crippen molar-refractivity contribution in [1.29, 1.82) is 0 Å². The minimum atomic E-state index is -4.79. The van der Waals surface area contributed by atoms with Gasteiger partial charge >= 0.3 is 12.4 Å². The first-order valence-electron chi connectivity index (χ1n) is 7.84. The van der Waals surface area contributed by atoms with Gasteiger partial charge in [-0.15, -0.1) is 0 Å². The first-order chi connectivity index (χ1) is 11.1. The summed E-state index contributed by atoms with van der Waals surface area (Å²) >= 11 is 0. The number of benzene rings is 1. The monoisotopic (exact) mass is 352 g/mol. The number of halogens is 6. The number of piperidine rings is 1. The molecule has 0 spiro atoms. The Hall–Kier alpha value is -1.28. The molecule has 0 aromatic heterocycles. The summed E-state index contributed by atoms with van der Waals surface area (Å²) < 4.78 is 77.4. The smallest absolute Gasteiger partial charge is 0.316 e. The summed E-state index contributed by atoms with van der Waals surface area (Å²) in [6.07, 6.45) is -8.67. The number of nitrogens with zero attached hydrogens (tertiary/aromatic N) is 1. The van der Waals surface area contributed by atoms with Crippen LogP contribution < -0.4 is 5.32 Å². The lowest BCUT2D eigenvalue weighted by atomic mass is 9.88. The predicted octanol–water partition coefficient (Wildman–Crippen LogP) is 3.77. The van der Waals surface area contributed by atoms with E-state index in [0.29, 0.717) is 24.9 Å². The molecule has 2 fully saturated rings. The normalized spacial score (nSPS) is 25.8. The third-order valence-electron chi connectivity index (χ3n) is 4.84. The number of fused-ring (bicyclic) bond motifs is 1. The maximum absolute atomic E-state index is 12.9. The van der Waals surface area contributed by atoms with Crippen molar-refractivity contribution in [2.24, 2.45) is 11.8 Å². The van der Waals surface area contributed by atoms with Gasteiger partial charge in [0.25, 0.3) is 0 Å². The zero-order valence-corrected chi connectivity index (χ0v) is 12.8. The van der Waals surface area contributed by atoms with E-state index >= 15 is 0 Å². The fraction of sp³-hybridized carbons (Fsp3) is 0.625. The van der Waals surface area contributed by atoms with Crippen molar-refractivity contribution in [2.45, 2.75) is 25.3 Å². The average molecular weight is 352 g/mol. The highest BCUT2D eigenvalue weighted by molar-refractivity contribution is 5.33. The molecule has 2 aliphatic heterocycles. The zero-order chi connectivity index (χ0) is 17.5. The molecule has 2 unspecified atom stereocenters. The summed E-state index contributed by atoms with van der Waals surface area (Å²) in [4.78, 5) is 1.95. The van der Waals surface area contributed by atoms with Crippen molar-refractivity contribution in [1.82, 2.24) is 10.2 Å². The van der Waals surface area contributed by atoms with E-state index in [0.717, 1.165) is 31.6 Å². The van der Waals surface area contributed by atoms with Crippen LogP contribution in [0.4, 0.5) is 26.3 Å². The van der Waals surface area contributed by atoms with Crippen molar-refractivity contribution in [2.75, 3.05) is 26.2 Å². The Morgan fingerprint density at radius 1 is 0.917 bits per heavy atom. The van der Waals surface area contributed by atoms with Gasteiger partial charge < -0.3 is 5.32 Å². The number of rotatable bonds is 2. The van der Waals surface area contributed by atoms with Crippen LogP contribution in [-0.4, -0.2) is 31.1 Å². The van der Waals surface area contributed by atoms with Crippen LogP contribution >= 0.6 is 0 Å². The Kier molecular flexibility index (Phi) is 4.55. The molecule has 1 N–H and O–H groups in total. The standard InChI is InChI=1S/C16H18F6N2/c17-15(18,19)13-3-10(4-14(5-13)16(20,21)22)8-24-2-1-11-6-23-7-12(11)9-24/h3-5,11-12,23H,1-2,6-9H2. The van der Waals surface area contributed by atoms with Crippen LogP contribution in [0.1, 0.15) is 23.1 Å². The number of hydrogen-bond donors (Lipinski definition) is 1. The van der Waals surface area contributed by atoms with Crippen LogP contribution in [0.25, 0.3) is 0 Å². The van der Waals surface area contributed by atoms with Gasteiger partial charge in [0.1, 0.15) is 0 Å². The van der Waals surface area contributed by atoms with E-state index in [-0.39, 0.29) is 18.2 Å². The van der Waals surface area contributed by atoms with Crippen LogP contribution in [-0.2, 0) is 18.9 Å². The molecular formula is C16H18F6N2. The third-order valence-corrected chi connectivity index (χ3v) is 4.84. The fourth-order valence-corrected chi connectivity index (χ4v) is 3.62. The van der Waals surface area contributed by atoms with Crippen molar-refractivity contribution < 1.29 is 26.3 Å². The van der Waals surface area contributed by atoms with Crippen molar-refractivity contribution in [3.63, 3.8) is 0 Å². The summed E-state index contributed by atoms with van der Waals surface area (Å²) in [6, 6.07) is 1.83. The molecule has 0 bridgehead atoms. The Morgan fingerprint density at radius 2 is 1.50 bits per heavy atom. The van der Waals surface area contributed by atoms with E-state index in [2.05, 4.69) is 5.32 Å². The molecule has 134 valence electrons. The summed E-state index contributed by atoms with van der Waals surface area (Å²) in [5, 5.41) is 3.28. The van der Waals surface area contributed by atoms with Gasteiger partial charge in [0.15, 0.2) is 0 Å². The number of alkyl halides is 6. The maximum Gasteiger partial charge on any atom is 0.416 e. The van der Waals surface area contributed by atoms with E-state index in [1.165, 1.54) is 0 Å². The molecule has 24 heavy (non-hydrogen) atoms. The molecule has 2 nitrogen and oxygen atoms in total. The second kappa shape index (κ2) is 6.22. The third kappa shape index (κ3) is 3.85. The van der Waals surface area contributed by atoms with Crippen LogP contribution in [0.3, 0.4) is 0 Å². The van der Waals surface area contributed by atoms with Crippen molar-refractivity contribution in [3.8, 4) is 0 Å². The molecule has 2 atom stereocenters. The minimum absolute atomic E-state index is 0.0570. The minimum Gasteiger partial charge on any atom is -0.316 e. The van der Waals surface area contributed by atoms with Crippen LogP contribution in [0.15, 0.2) is 18.2 Å². The Bertz CT molecular complexity index is 563. The van der Waals surface area contributed by atoms with Gasteiger partial charge in [-0.3, -0.25) is 4.90 Å². The van der Waals surface area contributed by atoms with E-state index < -0.39 is 23.5 Å². The second-order valence-corrected chi connectivity index (χ2v) is 6.62. The first-order valence-corrected chi connectivity index (χ1v) is 7.84. The number of hydrogen-bond acceptors (Lipinski definition) is 2. The van der Waals surface area contributed by atoms with Gasteiger partial charge in [-0.25, -0.2) is 0 Å². The van der Waals surface area contributed by atoms with E-state index in [9.17, 15) is 26.3 Å². The van der Waals surface area contributed by atoms with Gasteiger partial charge in [-0.05, 0) is 61.7 Å². The molecular weight excluding hydrogens is 334 g/mol. The predicted molar refractivity (Wildman–Crippen MR) is 76.2 cm³/mol. The second-order valence-electron chi connectivity index (χ2n) is 6.62. The first kappa shape index (κ1) is 17.5. The summed E-state index contributed by atoms with van der Waals surface area (Å²) in [7, 11) is 0. The lowest BCUT2D eigenvalue weighted by Crippen LogP contribution is -2.39. The molecule has 0 radical (unpaired) electrons. The largest absolute Gasteiger partial charge is 0.416 e. The van der Waals surface area contributed by atoms with Crippen molar-refractivity contribution in [3.05, 3.63) is 34.9 Å². The van der Waals surface area contributed by atoms with Gasteiger partial charge in [0.05, 0.1) is 11.1 Å². The molecule has 2 heterocycles. The molecule has 0 saturated carbocycles. The van der Waals surface area contributed by atoms with Gasteiger partial charge in [-0.2, -0.15) is 26.3 Å². The van der Waals surface area contributed by atoms with E-state index in [1.54, 1.807) is 0 Å². The zero-order valence-electron chi connectivity index (χ0n) is 12.8. The lowest BCUT2D eigenvalue weighted by molar-refractivity contribution is -0.143. The highest BCUT2D eigenvalue weighted by atomic mass is 19.4. The SMILES string of the molecule is FC(F)(F)c1cc(CN2CCC3CNCC3C2)cc(C(F)(F)F)c1. The van der Waals surface area contributed by atoms with Crippen LogP contribution in [0, 0.1) is 11.8 Å². The summed E-state index contributed by atoms with van der Waals surface area (Å²) in [5.74, 6) is 0.986. The molecule has 3 rings (SSSR count). The summed E-state index contributed by atoms with van der Waals surface area (Å²) in [6.45, 7) is 3.31. The molecule has 1 aromatic carbocycles. The Labute approximate surface area is 135 Å². The molecule has 1 aromatic rings. The molecule has 0 aliphatic carbocycles. The molecule has 2 aliphatic rings. The van der Waals surface area contributed by atoms with E-state index in [4.69, 9.17) is 0 Å². The number of likely N-dealkylation sites (tertiary alicyclic amines) is 1. The highest BCUT2D eigenvalue weighted by Gasteiger charge is 2.37. The topological polar surface area (TPSA) is 15.3 Å². The summed E-state index contributed by atoms with van der Waals surface area (Å²) in [5.41, 5.74) is -2.43. The van der Waals surface area contributed by atoms with Crippen LogP contribution in [0.5, 0.6) is 0 Å². The average Bonchev–Trinajstić information content (AvgIpc) is 2.92. The maximum atomic E-state index is 12.9. The Balaban J connectivity index is 1.81. The van der Waals surface area contributed by atoms with E-state index in [1.807, 2.05) is 4.90 Å². The molecule has 2 saturated heterocycles. The molecule has 8 heteroatoms. The van der Waals surface area contributed by atoms with Gasteiger partial charge in [0, 0.05) is 13.1 Å². The van der Waals surface area contributed by atoms with Gasteiger partial charge in [0.2, 0.25) is 0 Å².